The van der Waals surface area contributed by atoms with E-state index >= 15 is 0 Å². The summed E-state index contributed by atoms with van der Waals surface area (Å²) in [7, 11) is 0. The maximum Gasteiger partial charge on any atom is 0.320 e. The van der Waals surface area contributed by atoms with E-state index < -0.39 is 12.0 Å². The standard InChI is InChI=1S/C9H11NO2.C7H15NO/c10-8(9(11)12)6-7-4-2-1-3-5-7;1-6(2)8(5-9)7(3)4/h1-5,8H,6,10H2,(H,11,12);5-7H,1-4H3/t8-;/m0./s1. The summed E-state index contributed by atoms with van der Waals surface area (Å²) in [4.78, 5) is 22.5. The number of carboxylic acid groups (broad SMARTS) is 1. The van der Waals surface area contributed by atoms with Crippen LogP contribution in [0.25, 0.3) is 0 Å². The maximum atomic E-state index is 10.4. The topological polar surface area (TPSA) is 83.6 Å². The molecule has 1 aromatic carbocycles. The van der Waals surface area contributed by atoms with Crippen molar-refractivity contribution in [2.45, 2.75) is 52.2 Å². The number of hydrogen-bond donors (Lipinski definition) is 2. The SMILES string of the molecule is CC(C)N(C=O)C(C)C.N[C@@H](Cc1ccccc1)C(=O)O. The number of carboxylic acids is 1. The predicted molar refractivity (Wildman–Crippen MR) is 83.9 cm³/mol. The molecule has 0 saturated carbocycles. The summed E-state index contributed by atoms with van der Waals surface area (Å²) in [6.07, 6.45) is 1.28. The smallest absolute Gasteiger partial charge is 0.320 e. The third-order valence-electron chi connectivity index (χ3n) is 2.93. The molecule has 0 aliphatic heterocycles. The lowest BCUT2D eigenvalue weighted by atomic mass is 10.1. The van der Waals surface area contributed by atoms with Crippen LogP contribution in [-0.2, 0) is 16.0 Å². The first-order chi connectivity index (χ1) is 9.79. The average molecular weight is 294 g/mol. The number of nitrogens with zero attached hydrogens (tertiary/aromatic N) is 1. The first-order valence-electron chi connectivity index (χ1n) is 7.04. The molecule has 1 rings (SSSR count). The van der Waals surface area contributed by atoms with Crippen LogP contribution >= 0.6 is 0 Å². The summed E-state index contributed by atoms with van der Waals surface area (Å²) < 4.78 is 0. The Morgan fingerprint density at radius 1 is 1.19 bits per heavy atom. The van der Waals surface area contributed by atoms with E-state index in [0.29, 0.717) is 18.5 Å². The van der Waals surface area contributed by atoms with Gasteiger partial charge < -0.3 is 15.7 Å². The fraction of sp³-hybridized carbons (Fsp3) is 0.500. The number of aliphatic carboxylic acids is 1. The van der Waals surface area contributed by atoms with Gasteiger partial charge in [0, 0.05) is 12.1 Å². The number of carbonyl (C=O) groups excluding carboxylic acids is 1. The number of hydrogen-bond acceptors (Lipinski definition) is 3. The molecular formula is C16H26N2O3. The van der Waals surface area contributed by atoms with E-state index in [2.05, 4.69) is 0 Å². The molecule has 0 heterocycles. The first-order valence-corrected chi connectivity index (χ1v) is 7.04. The van der Waals surface area contributed by atoms with Crippen molar-refractivity contribution in [3.05, 3.63) is 35.9 Å². The van der Waals surface area contributed by atoms with Crippen molar-refractivity contribution in [2.75, 3.05) is 0 Å². The third kappa shape index (κ3) is 8.09. The summed E-state index contributed by atoms with van der Waals surface area (Å²) in [6.45, 7) is 8.03. The monoisotopic (exact) mass is 294 g/mol. The largest absolute Gasteiger partial charge is 0.480 e. The van der Waals surface area contributed by atoms with Crippen molar-refractivity contribution in [3.63, 3.8) is 0 Å². The third-order valence-corrected chi connectivity index (χ3v) is 2.93. The van der Waals surface area contributed by atoms with E-state index in [9.17, 15) is 9.59 Å². The minimum Gasteiger partial charge on any atom is -0.480 e. The highest BCUT2D eigenvalue weighted by atomic mass is 16.4. The Bertz CT molecular complexity index is 411. The summed E-state index contributed by atoms with van der Waals surface area (Å²) in [5.41, 5.74) is 6.30. The zero-order valence-corrected chi connectivity index (χ0v) is 13.2. The molecule has 0 aliphatic rings. The van der Waals surface area contributed by atoms with Crippen LogP contribution in [-0.4, -0.2) is 40.5 Å². The van der Waals surface area contributed by atoms with Gasteiger partial charge in [-0.25, -0.2) is 0 Å². The van der Waals surface area contributed by atoms with Crippen molar-refractivity contribution in [1.29, 1.82) is 0 Å². The second-order valence-electron chi connectivity index (χ2n) is 5.37. The van der Waals surface area contributed by atoms with Crippen molar-refractivity contribution in [3.8, 4) is 0 Å². The van der Waals surface area contributed by atoms with Crippen molar-refractivity contribution >= 4 is 12.4 Å². The van der Waals surface area contributed by atoms with Crippen molar-refractivity contribution < 1.29 is 14.7 Å². The molecule has 0 bridgehead atoms. The van der Waals surface area contributed by atoms with Gasteiger partial charge in [0.25, 0.3) is 0 Å². The summed E-state index contributed by atoms with van der Waals surface area (Å²) in [6, 6.07) is 9.19. The van der Waals surface area contributed by atoms with Crippen molar-refractivity contribution in [2.24, 2.45) is 5.73 Å². The van der Waals surface area contributed by atoms with Crippen LogP contribution in [0.4, 0.5) is 0 Å². The van der Waals surface area contributed by atoms with Crippen LogP contribution < -0.4 is 5.73 Å². The molecule has 5 heteroatoms. The molecule has 21 heavy (non-hydrogen) atoms. The molecule has 0 fully saturated rings. The zero-order valence-electron chi connectivity index (χ0n) is 13.2. The molecule has 5 nitrogen and oxygen atoms in total. The van der Waals surface area contributed by atoms with Gasteiger partial charge in [0.2, 0.25) is 6.41 Å². The van der Waals surface area contributed by atoms with Gasteiger partial charge in [-0.15, -0.1) is 0 Å². The Hall–Kier alpha value is -1.88. The lowest BCUT2D eigenvalue weighted by Gasteiger charge is -2.25. The highest BCUT2D eigenvalue weighted by Gasteiger charge is 2.11. The summed E-state index contributed by atoms with van der Waals surface area (Å²) in [5, 5.41) is 8.52. The predicted octanol–water partition coefficient (Wildman–Crippen LogP) is 1.90. The molecule has 0 radical (unpaired) electrons. The van der Waals surface area contributed by atoms with Gasteiger partial charge in [0.1, 0.15) is 6.04 Å². The fourth-order valence-electron chi connectivity index (χ4n) is 1.80. The van der Waals surface area contributed by atoms with Gasteiger partial charge in [-0.2, -0.15) is 0 Å². The molecule has 0 aliphatic carbocycles. The normalized spacial score (nSPS) is 11.6. The molecular weight excluding hydrogens is 268 g/mol. The van der Waals surface area contributed by atoms with E-state index in [0.717, 1.165) is 12.0 Å². The summed E-state index contributed by atoms with van der Waals surface area (Å²) >= 11 is 0. The van der Waals surface area contributed by atoms with Crippen LogP contribution in [0.5, 0.6) is 0 Å². The Labute approximate surface area is 126 Å². The Kier molecular flexibility index (Phi) is 9.05. The molecule has 1 aromatic rings. The molecule has 3 N–H and O–H groups in total. The van der Waals surface area contributed by atoms with Crippen LogP contribution in [0.2, 0.25) is 0 Å². The van der Waals surface area contributed by atoms with Crippen molar-refractivity contribution in [1.82, 2.24) is 4.90 Å². The van der Waals surface area contributed by atoms with Gasteiger partial charge in [0.15, 0.2) is 0 Å². The summed E-state index contributed by atoms with van der Waals surface area (Å²) in [5.74, 6) is -0.959. The van der Waals surface area contributed by atoms with Gasteiger partial charge >= 0.3 is 5.97 Å². The molecule has 0 saturated heterocycles. The highest BCUT2D eigenvalue weighted by Crippen LogP contribution is 2.01. The Morgan fingerprint density at radius 2 is 1.67 bits per heavy atom. The number of amides is 1. The average Bonchev–Trinajstić information content (AvgIpc) is 2.40. The fourth-order valence-corrected chi connectivity index (χ4v) is 1.80. The lowest BCUT2D eigenvalue weighted by molar-refractivity contribution is -0.138. The van der Waals surface area contributed by atoms with Gasteiger partial charge in [-0.05, 0) is 39.7 Å². The van der Waals surface area contributed by atoms with E-state index in [1.54, 1.807) is 4.90 Å². The van der Waals surface area contributed by atoms with Crippen LogP contribution in [0, 0.1) is 0 Å². The highest BCUT2D eigenvalue weighted by molar-refractivity contribution is 5.73. The van der Waals surface area contributed by atoms with Gasteiger partial charge in [0.05, 0.1) is 0 Å². The van der Waals surface area contributed by atoms with Crippen LogP contribution in [0.3, 0.4) is 0 Å². The Balaban J connectivity index is 0.000000400. The molecule has 0 unspecified atom stereocenters. The second-order valence-corrected chi connectivity index (χ2v) is 5.37. The van der Waals surface area contributed by atoms with Gasteiger partial charge in [-0.3, -0.25) is 9.59 Å². The van der Waals surface area contributed by atoms with Gasteiger partial charge in [-0.1, -0.05) is 30.3 Å². The zero-order chi connectivity index (χ0) is 16.4. The van der Waals surface area contributed by atoms with E-state index in [4.69, 9.17) is 10.8 Å². The maximum absolute atomic E-state index is 10.4. The lowest BCUT2D eigenvalue weighted by Crippen LogP contribution is -2.35. The number of benzene rings is 1. The molecule has 0 spiro atoms. The molecule has 1 atom stereocenters. The number of rotatable bonds is 6. The Morgan fingerprint density at radius 3 is 1.95 bits per heavy atom. The van der Waals surface area contributed by atoms with E-state index in [1.807, 2.05) is 58.0 Å². The number of nitrogens with two attached hydrogens (primary N) is 1. The molecule has 118 valence electrons. The first kappa shape index (κ1) is 19.1. The molecule has 1 amide bonds. The van der Waals surface area contributed by atoms with E-state index in [1.165, 1.54) is 0 Å². The number of carbonyl (C=O) groups is 2. The minimum atomic E-state index is -0.959. The second kappa shape index (κ2) is 9.94. The van der Waals surface area contributed by atoms with E-state index in [-0.39, 0.29) is 0 Å². The molecule has 0 aromatic heterocycles. The van der Waals surface area contributed by atoms with Crippen LogP contribution in [0.15, 0.2) is 30.3 Å². The quantitative estimate of drug-likeness (QED) is 0.785. The minimum absolute atomic E-state index is 0.322. The van der Waals surface area contributed by atoms with Crippen LogP contribution in [0.1, 0.15) is 33.3 Å².